The van der Waals surface area contributed by atoms with Gasteiger partial charge in [-0.15, -0.1) is 0 Å². The standard InChI is InChI=1S/C9H20N4O3S/c1-8(9(10)14)12-4-6-13(7-5-12)17(15,16)11(2)3/h8H,4-7H2,1-3H3,(H2,10,14)/t8-/m0/s1. The molecule has 0 aromatic heterocycles. The molecule has 0 spiro atoms. The van der Waals surface area contributed by atoms with Gasteiger partial charge in [-0.2, -0.15) is 17.0 Å². The second kappa shape index (κ2) is 5.30. The van der Waals surface area contributed by atoms with E-state index in [1.165, 1.54) is 22.7 Å². The number of amides is 1. The maximum absolute atomic E-state index is 11.8. The summed E-state index contributed by atoms with van der Waals surface area (Å²) in [4.78, 5) is 12.9. The third-order valence-electron chi connectivity index (χ3n) is 3.02. The highest BCUT2D eigenvalue weighted by molar-refractivity contribution is 7.86. The Bertz CT molecular complexity index is 374. The van der Waals surface area contributed by atoms with Crippen LogP contribution < -0.4 is 5.73 Å². The summed E-state index contributed by atoms with van der Waals surface area (Å²) in [6.45, 7) is 3.56. The van der Waals surface area contributed by atoms with Crippen LogP contribution in [0.2, 0.25) is 0 Å². The maximum Gasteiger partial charge on any atom is 0.281 e. The zero-order valence-corrected chi connectivity index (χ0v) is 11.3. The van der Waals surface area contributed by atoms with E-state index in [4.69, 9.17) is 5.73 Å². The first-order valence-corrected chi connectivity index (χ1v) is 6.87. The number of nitrogens with zero attached hydrogens (tertiary/aromatic N) is 3. The molecule has 1 heterocycles. The minimum absolute atomic E-state index is 0.348. The van der Waals surface area contributed by atoms with Crippen LogP contribution in [0.25, 0.3) is 0 Å². The molecule has 1 fully saturated rings. The van der Waals surface area contributed by atoms with Gasteiger partial charge < -0.3 is 5.73 Å². The van der Waals surface area contributed by atoms with Crippen molar-refractivity contribution in [3.05, 3.63) is 0 Å². The molecule has 1 rings (SSSR count). The zero-order valence-electron chi connectivity index (χ0n) is 10.5. The van der Waals surface area contributed by atoms with E-state index in [1.807, 2.05) is 4.90 Å². The Morgan fingerprint density at radius 2 is 1.71 bits per heavy atom. The number of primary amides is 1. The Balaban J connectivity index is 2.60. The van der Waals surface area contributed by atoms with Crippen molar-refractivity contribution in [2.24, 2.45) is 5.73 Å². The molecule has 1 saturated heterocycles. The molecule has 100 valence electrons. The number of rotatable bonds is 4. The van der Waals surface area contributed by atoms with Gasteiger partial charge in [0.05, 0.1) is 6.04 Å². The molecule has 0 aliphatic carbocycles. The summed E-state index contributed by atoms with van der Waals surface area (Å²) >= 11 is 0. The Morgan fingerprint density at radius 1 is 1.24 bits per heavy atom. The first-order chi connectivity index (χ1) is 7.76. The molecule has 0 radical (unpaired) electrons. The highest BCUT2D eigenvalue weighted by atomic mass is 32.2. The van der Waals surface area contributed by atoms with Gasteiger partial charge >= 0.3 is 0 Å². The fraction of sp³-hybridized carbons (Fsp3) is 0.889. The van der Waals surface area contributed by atoms with Crippen LogP contribution in [0.15, 0.2) is 0 Å². The molecule has 0 aromatic rings. The van der Waals surface area contributed by atoms with Gasteiger partial charge in [-0.25, -0.2) is 0 Å². The second-order valence-electron chi connectivity index (χ2n) is 4.30. The third kappa shape index (κ3) is 3.15. The Hall–Kier alpha value is -0.700. The number of hydrogen-bond donors (Lipinski definition) is 1. The average Bonchev–Trinajstić information content (AvgIpc) is 2.27. The minimum Gasteiger partial charge on any atom is -0.368 e. The monoisotopic (exact) mass is 264 g/mol. The largest absolute Gasteiger partial charge is 0.368 e. The SMILES string of the molecule is C[C@@H](C(N)=O)N1CCN(S(=O)(=O)N(C)C)CC1. The third-order valence-corrected chi connectivity index (χ3v) is 4.96. The van der Waals surface area contributed by atoms with Gasteiger partial charge in [0.15, 0.2) is 0 Å². The summed E-state index contributed by atoms with van der Waals surface area (Å²) in [6.07, 6.45) is 0. The minimum atomic E-state index is -3.35. The van der Waals surface area contributed by atoms with Gasteiger partial charge in [-0.3, -0.25) is 9.69 Å². The van der Waals surface area contributed by atoms with Crippen LogP contribution in [0.4, 0.5) is 0 Å². The lowest BCUT2D eigenvalue weighted by Crippen LogP contribution is -2.55. The van der Waals surface area contributed by atoms with E-state index >= 15 is 0 Å². The van der Waals surface area contributed by atoms with Gasteiger partial charge in [0.2, 0.25) is 5.91 Å². The van der Waals surface area contributed by atoms with E-state index in [0.29, 0.717) is 26.2 Å². The number of nitrogens with two attached hydrogens (primary N) is 1. The second-order valence-corrected chi connectivity index (χ2v) is 6.45. The summed E-state index contributed by atoms with van der Waals surface area (Å²) in [7, 11) is -0.330. The summed E-state index contributed by atoms with van der Waals surface area (Å²) < 4.78 is 26.3. The van der Waals surface area contributed by atoms with Gasteiger partial charge in [-0.05, 0) is 6.92 Å². The van der Waals surface area contributed by atoms with E-state index in [-0.39, 0.29) is 11.9 Å². The Kier molecular flexibility index (Phi) is 4.48. The zero-order chi connectivity index (χ0) is 13.2. The van der Waals surface area contributed by atoms with E-state index < -0.39 is 10.2 Å². The van der Waals surface area contributed by atoms with Crippen LogP contribution in [0.5, 0.6) is 0 Å². The van der Waals surface area contributed by atoms with Crippen LogP contribution in [-0.2, 0) is 15.0 Å². The number of hydrogen-bond acceptors (Lipinski definition) is 4. The molecule has 2 N–H and O–H groups in total. The van der Waals surface area contributed by atoms with Gasteiger partial charge in [0.25, 0.3) is 10.2 Å². The predicted octanol–water partition coefficient (Wildman–Crippen LogP) is -1.72. The molecule has 1 amide bonds. The highest BCUT2D eigenvalue weighted by Crippen LogP contribution is 2.11. The van der Waals surface area contributed by atoms with Crippen LogP contribution in [0.3, 0.4) is 0 Å². The number of carbonyl (C=O) groups excluding carboxylic acids is 1. The molecule has 0 saturated carbocycles. The van der Waals surface area contributed by atoms with E-state index in [1.54, 1.807) is 6.92 Å². The van der Waals surface area contributed by atoms with Crippen LogP contribution in [0, 0.1) is 0 Å². The van der Waals surface area contributed by atoms with Crippen LogP contribution in [0.1, 0.15) is 6.92 Å². The van der Waals surface area contributed by atoms with Crippen molar-refractivity contribution in [1.29, 1.82) is 0 Å². The molecule has 0 bridgehead atoms. The van der Waals surface area contributed by atoms with Crippen molar-refractivity contribution in [3.63, 3.8) is 0 Å². The van der Waals surface area contributed by atoms with Crippen molar-refractivity contribution in [2.75, 3.05) is 40.3 Å². The Morgan fingerprint density at radius 3 is 2.06 bits per heavy atom. The van der Waals surface area contributed by atoms with Crippen LogP contribution in [-0.4, -0.2) is 74.2 Å². The summed E-state index contributed by atoms with van der Waals surface area (Å²) in [5.74, 6) is -0.381. The highest BCUT2D eigenvalue weighted by Gasteiger charge is 2.31. The van der Waals surface area contributed by atoms with Gasteiger partial charge in [0.1, 0.15) is 0 Å². The number of carbonyl (C=O) groups is 1. The molecule has 17 heavy (non-hydrogen) atoms. The molecule has 0 aromatic carbocycles. The summed E-state index contributed by atoms with van der Waals surface area (Å²) in [5, 5.41) is 0. The van der Waals surface area contributed by atoms with Crippen molar-refractivity contribution in [3.8, 4) is 0 Å². The van der Waals surface area contributed by atoms with Gasteiger partial charge in [0, 0.05) is 40.3 Å². The van der Waals surface area contributed by atoms with Crippen molar-refractivity contribution in [2.45, 2.75) is 13.0 Å². The van der Waals surface area contributed by atoms with Crippen LogP contribution >= 0.6 is 0 Å². The van der Waals surface area contributed by atoms with E-state index in [2.05, 4.69) is 0 Å². The molecular formula is C9H20N4O3S. The molecular weight excluding hydrogens is 244 g/mol. The molecule has 1 aliphatic heterocycles. The maximum atomic E-state index is 11.8. The quantitative estimate of drug-likeness (QED) is 0.654. The topological polar surface area (TPSA) is 87.0 Å². The van der Waals surface area contributed by atoms with Gasteiger partial charge in [-0.1, -0.05) is 0 Å². The first-order valence-electron chi connectivity index (χ1n) is 5.47. The predicted molar refractivity (Wildman–Crippen MR) is 64.4 cm³/mol. The molecule has 0 unspecified atom stereocenters. The Labute approximate surface area is 102 Å². The summed E-state index contributed by atoms with van der Waals surface area (Å²) in [6, 6.07) is -0.348. The van der Waals surface area contributed by atoms with Crippen molar-refractivity contribution < 1.29 is 13.2 Å². The lowest BCUT2D eigenvalue weighted by Gasteiger charge is -2.37. The van der Waals surface area contributed by atoms with Crippen molar-refractivity contribution >= 4 is 16.1 Å². The first kappa shape index (κ1) is 14.4. The molecule has 8 heteroatoms. The molecule has 7 nitrogen and oxygen atoms in total. The summed E-state index contributed by atoms with van der Waals surface area (Å²) in [5.41, 5.74) is 5.21. The lowest BCUT2D eigenvalue weighted by atomic mass is 10.2. The van der Waals surface area contributed by atoms with E-state index in [0.717, 1.165) is 0 Å². The fourth-order valence-corrected chi connectivity index (χ4v) is 2.82. The number of piperazine rings is 1. The lowest BCUT2D eigenvalue weighted by molar-refractivity contribution is -0.123. The fourth-order valence-electron chi connectivity index (χ4n) is 1.73. The van der Waals surface area contributed by atoms with Crippen molar-refractivity contribution in [1.82, 2.24) is 13.5 Å². The molecule has 1 aliphatic rings. The smallest absolute Gasteiger partial charge is 0.281 e. The molecule has 1 atom stereocenters. The average molecular weight is 264 g/mol. The normalized spacial score (nSPS) is 21.6. The van der Waals surface area contributed by atoms with E-state index in [9.17, 15) is 13.2 Å².